The van der Waals surface area contributed by atoms with Gasteiger partial charge in [0.1, 0.15) is 4.88 Å². The largest absolute Gasteiger partial charge is 0.418 e. The van der Waals surface area contributed by atoms with Gasteiger partial charge in [0, 0.05) is 0 Å². The second-order valence-corrected chi connectivity index (χ2v) is 4.95. The maximum Gasteiger partial charge on any atom is 0.418 e. The fraction of sp³-hybridized carbons (Fsp3) is 0.0769. The van der Waals surface area contributed by atoms with Crippen LogP contribution in [0.5, 0.6) is 0 Å². The molecule has 0 atom stereocenters. The van der Waals surface area contributed by atoms with Crippen molar-refractivity contribution >= 4 is 28.6 Å². The standard InChI is InChI=1S/C13H8F3N3OS/c14-13(15,16)8-5-7(6-17)1-2-10(8)19-12(20)11-9(18)3-4-21-11/h1-5H,18H2,(H,19,20). The quantitative estimate of drug-likeness (QED) is 0.891. The molecule has 2 rings (SSSR count). The fourth-order valence-electron chi connectivity index (χ4n) is 1.64. The fourth-order valence-corrected chi connectivity index (χ4v) is 2.35. The van der Waals surface area contributed by atoms with E-state index in [1.54, 1.807) is 11.4 Å². The van der Waals surface area contributed by atoms with Crippen LogP contribution in [0.4, 0.5) is 24.5 Å². The molecule has 0 fully saturated rings. The Hall–Kier alpha value is -2.53. The molecule has 0 aliphatic rings. The lowest BCUT2D eigenvalue weighted by atomic mass is 10.1. The van der Waals surface area contributed by atoms with E-state index in [2.05, 4.69) is 5.32 Å². The lowest BCUT2D eigenvalue weighted by Crippen LogP contribution is -2.16. The molecule has 0 saturated heterocycles. The first-order valence-corrected chi connectivity index (χ1v) is 6.46. The van der Waals surface area contributed by atoms with E-state index in [9.17, 15) is 18.0 Å². The number of carbonyl (C=O) groups is 1. The molecule has 1 aromatic heterocycles. The Morgan fingerprint density at radius 3 is 2.57 bits per heavy atom. The highest BCUT2D eigenvalue weighted by molar-refractivity contribution is 7.12. The number of nitrogens with one attached hydrogen (secondary N) is 1. The summed E-state index contributed by atoms with van der Waals surface area (Å²) in [7, 11) is 0. The van der Waals surface area contributed by atoms with Gasteiger partial charge in [0.05, 0.1) is 28.6 Å². The van der Waals surface area contributed by atoms with Gasteiger partial charge in [-0.1, -0.05) is 0 Å². The number of carbonyl (C=O) groups excluding carboxylic acids is 1. The van der Waals surface area contributed by atoms with Crippen molar-refractivity contribution in [3.8, 4) is 6.07 Å². The van der Waals surface area contributed by atoms with Crippen LogP contribution < -0.4 is 11.1 Å². The van der Waals surface area contributed by atoms with Crippen LogP contribution in [0.15, 0.2) is 29.6 Å². The first-order valence-electron chi connectivity index (χ1n) is 5.58. The number of nitriles is 1. The number of rotatable bonds is 2. The summed E-state index contributed by atoms with van der Waals surface area (Å²) in [6.45, 7) is 0. The highest BCUT2D eigenvalue weighted by Crippen LogP contribution is 2.36. The zero-order chi connectivity index (χ0) is 15.6. The molecule has 0 saturated carbocycles. The molecule has 1 amide bonds. The van der Waals surface area contributed by atoms with Crippen LogP contribution in [0.3, 0.4) is 0 Å². The van der Waals surface area contributed by atoms with Gasteiger partial charge in [0.2, 0.25) is 0 Å². The molecule has 0 spiro atoms. The third-order valence-corrected chi connectivity index (χ3v) is 3.53. The topological polar surface area (TPSA) is 78.9 Å². The molecular formula is C13H8F3N3OS. The van der Waals surface area contributed by atoms with Crippen molar-refractivity contribution in [2.45, 2.75) is 6.18 Å². The number of hydrogen-bond donors (Lipinski definition) is 2. The molecule has 0 radical (unpaired) electrons. The number of nitrogens with zero attached hydrogens (tertiary/aromatic N) is 1. The van der Waals surface area contributed by atoms with Gasteiger partial charge in [-0.05, 0) is 29.6 Å². The van der Waals surface area contributed by atoms with E-state index < -0.39 is 23.3 Å². The first kappa shape index (κ1) is 14.9. The summed E-state index contributed by atoms with van der Waals surface area (Å²) in [5.74, 6) is -0.724. The molecule has 8 heteroatoms. The van der Waals surface area contributed by atoms with E-state index in [0.717, 1.165) is 17.4 Å². The SMILES string of the molecule is N#Cc1ccc(NC(=O)c2sccc2N)c(C(F)(F)F)c1. The van der Waals surface area contributed by atoms with E-state index in [0.29, 0.717) is 6.07 Å². The predicted octanol–water partition coefficient (Wildman–Crippen LogP) is 3.47. The summed E-state index contributed by atoms with van der Waals surface area (Å²) >= 11 is 1.03. The van der Waals surface area contributed by atoms with E-state index in [4.69, 9.17) is 11.0 Å². The minimum atomic E-state index is -4.68. The normalized spacial score (nSPS) is 11.0. The predicted molar refractivity (Wildman–Crippen MR) is 72.8 cm³/mol. The molecule has 0 aliphatic carbocycles. The molecular weight excluding hydrogens is 303 g/mol. The van der Waals surface area contributed by atoms with Crippen molar-refractivity contribution in [1.29, 1.82) is 5.26 Å². The van der Waals surface area contributed by atoms with Crippen molar-refractivity contribution in [2.75, 3.05) is 11.1 Å². The van der Waals surface area contributed by atoms with Crippen LogP contribution in [0.25, 0.3) is 0 Å². The highest BCUT2D eigenvalue weighted by atomic mass is 32.1. The second-order valence-electron chi connectivity index (χ2n) is 4.03. The Morgan fingerprint density at radius 1 is 1.33 bits per heavy atom. The Bertz CT molecular complexity index is 731. The van der Waals surface area contributed by atoms with Crippen LogP contribution >= 0.6 is 11.3 Å². The third kappa shape index (κ3) is 3.14. The number of alkyl halides is 3. The van der Waals surface area contributed by atoms with Crippen LogP contribution in [0, 0.1) is 11.3 Å². The molecule has 0 bridgehead atoms. The molecule has 0 unspecified atom stereocenters. The molecule has 3 N–H and O–H groups in total. The van der Waals surface area contributed by atoms with Crippen molar-refractivity contribution < 1.29 is 18.0 Å². The second kappa shape index (κ2) is 5.46. The summed E-state index contributed by atoms with van der Waals surface area (Å²) in [6, 6.07) is 6.04. The summed E-state index contributed by atoms with van der Waals surface area (Å²) in [5, 5.41) is 12.4. The lowest BCUT2D eigenvalue weighted by Gasteiger charge is -2.13. The van der Waals surface area contributed by atoms with Crippen LogP contribution in [-0.2, 0) is 6.18 Å². The maximum absolute atomic E-state index is 13.0. The van der Waals surface area contributed by atoms with E-state index in [1.165, 1.54) is 12.1 Å². The summed E-state index contributed by atoms with van der Waals surface area (Å²) in [6.07, 6.45) is -4.68. The number of nitrogens with two attached hydrogens (primary N) is 1. The zero-order valence-electron chi connectivity index (χ0n) is 10.4. The summed E-state index contributed by atoms with van der Waals surface area (Å²) < 4.78 is 38.9. The molecule has 4 nitrogen and oxygen atoms in total. The number of nitrogen functional groups attached to an aromatic ring is 1. The number of benzene rings is 1. The minimum absolute atomic E-state index is 0.132. The zero-order valence-corrected chi connectivity index (χ0v) is 11.2. The number of anilines is 2. The Labute approximate surface area is 121 Å². The molecule has 108 valence electrons. The first-order chi connectivity index (χ1) is 9.82. The average molecular weight is 311 g/mol. The number of hydrogen-bond acceptors (Lipinski definition) is 4. The summed E-state index contributed by atoms with van der Waals surface area (Å²) in [5.41, 5.74) is 4.10. The Kier molecular flexibility index (Phi) is 3.86. The van der Waals surface area contributed by atoms with Gasteiger partial charge in [-0.2, -0.15) is 18.4 Å². The smallest absolute Gasteiger partial charge is 0.397 e. The van der Waals surface area contributed by atoms with Crippen LogP contribution in [0.2, 0.25) is 0 Å². The van der Waals surface area contributed by atoms with Gasteiger partial charge < -0.3 is 11.1 Å². The van der Waals surface area contributed by atoms with Crippen molar-refractivity contribution in [1.82, 2.24) is 0 Å². The molecule has 1 heterocycles. The minimum Gasteiger partial charge on any atom is -0.397 e. The summed E-state index contributed by atoms with van der Waals surface area (Å²) in [4.78, 5) is 12.0. The molecule has 1 aromatic carbocycles. The van der Waals surface area contributed by atoms with Gasteiger partial charge in [-0.3, -0.25) is 4.79 Å². The number of amides is 1. The Morgan fingerprint density at radius 2 is 2.05 bits per heavy atom. The van der Waals surface area contributed by atoms with Crippen molar-refractivity contribution in [3.63, 3.8) is 0 Å². The third-order valence-electron chi connectivity index (χ3n) is 2.60. The number of thiophene rings is 1. The van der Waals surface area contributed by atoms with E-state index in [1.807, 2.05) is 0 Å². The van der Waals surface area contributed by atoms with Gasteiger partial charge in [-0.25, -0.2) is 0 Å². The van der Waals surface area contributed by atoms with Crippen molar-refractivity contribution in [2.24, 2.45) is 0 Å². The highest BCUT2D eigenvalue weighted by Gasteiger charge is 2.34. The van der Waals surface area contributed by atoms with Crippen molar-refractivity contribution in [3.05, 3.63) is 45.6 Å². The van der Waals surface area contributed by atoms with E-state index in [-0.39, 0.29) is 16.1 Å². The Balaban J connectivity index is 2.39. The van der Waals surface area contributed by atoms with Gasteiger partial charge in [-0.15, -0.1) is 11.3 Å². The van der Waals surface area contributed by atoms with Gasteiger partial charge in [0.25, 0.3) is 5.91 Å². The molecule has 21 heavy (non-hydrogen) atoms. The number of halogens is 3. The van der Waals surface area contributed by atoms with E-state index >= 15 is 0 Å². The maximum atomic E-state index is 13.0. The van der Waals surface area contributed by atoms with Crippen LogP contribution in [-0.4, -0.2) is 5.91 Å². The van der Waals surface area contributed by atoms with Crippen LogP contribution in [0.1, 0.15) is 20.8 Å². The average Bonchev–Trinajstić information content (AvgIpc) is 2.84. The molecule has 2 aromatic rings. The lowest BCUT2D eigenvalue weighted by molar-refractivity contribution is -0.136. The van der Waals surface area contributed by atoms with Gasteiger partial charge in [0.15, 0.2) is 0 Å². The van der Waals surface area contributed by atoms with Gasteiger partial charge >= 0.3 is 6.18 Å². The molecule has 0 aliphatic heterocycles. The monoisotopic (exact) mass is 311 g/mol.